The molecule has 0 aromatic heterocycles. The second-order valence-electron chi connectivity index (χ2n) is 3.73. The quantitative estimate of drug-likeness (QED) is 0.447. The average molecular weight is 327 g/mol. The molecule has 0 aromatic carbocycles. The van der Waals surface area contributed by atoms with E-state index in [0.29, 0.717) is 4.50 Å². The van der Waals surface area contributed by atoms with E-state index < -0.39 is 0 Å². The van der Waals surface area contributed by atoms with Crippen molar-refractivity contribution in [2.75, 3.05) is 13.1 Å². The molecular formula is C10H22BBr2N. The number of rotatable bonds is 9. The van der Waals surface area contributed by atoms with Crippen molar-refractivity contribution in [2.45, 2.75) is 52.4 Å². The van der Waals surface area contributed by atoms with E-state index in [9.17, 15) is 0 Å². The molecule has 0 fully saturated rings. The lowest BCUT2D eigenvalue weighted by atomic mass is 10.1. The Morgan fingerprint density at radius 2 is 1.29 bits per heavy atom. The zero-order valence-corrected chi connectivity index (χ0v) is 12.6. The van der Waals surface area contributed by atoms with Crippen LogP contribution in [0.25, 0.3) is 0 Å². The molecule has 0 aliphatic carbocycles. The first-order chi connectivity index (χ1) is 6.72. The second-order valence-corrected chi connectivity index (χ2v) is 6.69. The lowest BCUT2D eigenvalue weighted by Gasteiger charge is -2.22. The van der Waals surface area contributed by atoms with Gasteiger partial charge in [-0.15, -0.1) is 31.5 Å². The van der Waals surface area contributed by atoms with Crippen molar-refractivity contribution < 1.29 is 0 Å². The molecule has 0 rings (SSSR count). The molecule has 0 N–H and O–H groups in total. The minimum Gasteiger partial charge on any atom is -0.323 e. The van der Waals surface area contributed by atoms with Crippen molar-refractivity contribution in [2.24, 2.45) is 0 Å². The molecule has 0 heterocycles. The Balaban J connectivity index is 3.55. The number of hydrogen-bond donors (Lipinski definition) is 0. The highest BCUT2D eigenvalue weighted by Crippen LogP contribution is 2.12. The molecular weight excluding hydrogens is 305 g/mol. The second kappa shape index (κ2) is 10.5. The van der Waals surface area contributed by atoms with Crippen molar-refractivity contribution in [1.29, 1.82) is 0 Å². The van der Waals surface area contributed by atoms with E-state index in [0.717, 1.165) is 0 Å². The third kappa shape index (κ3) is 8.31. The van der Waals surface area contributed by atoms with Crippen LogP contribution in [-0.4, -0.2) is 22.4 Å². The van der Waals surface area contributed by atoms with Crippen LogP contribution in [0.2, 0.25) is 0 Å². The molecule has 0 aromatic rings. The van der Waals surface area contributed by atoms with Gasteiger partial charge in [0.05, 0.1) is 0 Å². The standard InChI is InChI=1S/C10H22BBr2N/c1-3-5-7-9-14(11(12)13)10-8-6-4-2/h3-10H2,1-2H3. The molecule has 0 unspecified atom stereocenters. The Bertz CT molecular complexity index is 113. The lowest BCUT2D eigenvalue weighted by Crippen LogP contribution is -2.32. The Hall–Kier alpha value is 0.985. The summed E-state index contributed by atoms with van der Waals surface area (Å²) < 4.78 is 0.351. The summed E-state index contributed by atoms with van der Waals surface area (Å²) in [5, 5.41) is 0. The minimum absolute atomic E-state index is 0.351. The van der Waals surface area contributed by atoms with Gasteiger partial charge in [0, 0.05) is 0 Å². The van der Waals surface area contributed by atoms with Gasteiger partial charge in [0.1, 0.15) is 0 Å². The highest BCUT2D eigenvalue weighted by atomic mass is 79.9. The molecule has 0 bridgehead atoms. The molecule has 0 atom stereocenters. The van der Waals surface area contributed by atoms with Crippen molar-refractivity contribution in [3.63, 3.8) is 0 Å². The summed E-state index contributed by atoms with van der Waals surface area (Å²) in [6.07, 6.45) is 7.93. The van der Waals surface area contributed by atoms with Crippen LogP contribution in [0.4, 0.5) is 0 Å². The van der Waals surface area contributed by atoms with E-state index in [-0.39, 0.29) is 0 Å². The van der Waals surface area contributed by atoms with E-state index in [1.165, 1.54) is 51.6 Å². The van der Waals surface area contributed by atoms with E-state index >= 15 is 0 Å². The van der Waals surface area contributed by atoms with Crippen molar-refractivity contribution in [3.05, 3.63) is 0 Å². The summed E-state index contributed by atoms with van der Waals surface area (Å²) in [6, 6.07) is 0. The Labute approximate surface area is 106 Å². The third-order valence-corrected chi connectivity index (χ3v) is 3.53. The maximum absolute atomic E-state index is 3.59. The number of halogens is 2. The van der Waals surface area contributed by atoms with Gasteiger partial charge in [-0.05, 0) is 25.9 Å². The van der Waals surface area contributed by atoms with Crippen LogP contribution in [0.15, 0.2) is 0 Å². The van der Waals surface area contributed by atoms with Crippen LogP contribution in [-0.2, 0) is 0 Å². The summed E-state index contributed by atoms with van der Waals surface area (Å²) in [6.45, 7) is 6.92. The molecule has 1 nitrogen and oxygen atoms in total. The van der Waals surface area contributed by atoms with Crippen LogP contribution in [0.1, 0.15) is 52.4 Å². The largest absolute Gasteiger partial charge is 0.379 e. The maximum atomic E-state index is 3.59. The summed E-state index contributed by atoms with van der Waals surface area (Å²) in [4.78, 5) is 2.46. The highest BCUT2D eigenvalue weighted by Gasteiger charge is 2.15. The van der Waals surface area contributed by atoms with Crippen LogP contribution >= 0.6 is 31.5 Å². The Kier molecular flexibility index (Phi) is 11.2. The van der Waals surface area contributed by atoms with Gasteiger partial charge in [0.15, 0.2) is 0 Å². The fourth-order valence-electron chi connectivity index (χ4n) is 1.44. The van der Waals surface area contributed by atoms with Gasteiger partial charge < -0.3 is 4.81 Å². The first-order valence-corrected chi connectivity index (χ1v) is 7.57. The summed E-state index contributed by atoms with van der Waals surface area (Å²) in [7, 11) is 0. The van der Waals surface area contributed by atoms with Gasteiger partial charge in [-0.25, -0.2) is 0 Å². The summed E-state index contributed by atoms with van der Waals surface area (Å²) in [5.41, 5.74) is 0. The monoisotopic (exact) mass is 325 g/mol. The molecule has 0 saturated heterocycles. The lowest BCUT2D eigenvalue weighted by molar-refractivity contribution is 0.415. The molecule has 84 valence electrons. The molecule has 0 spiro atoms. The molecule has 0 amide bonds. The number of unbranched alkanes of at least 4 members (excludes halogenated alkanes) is 4. The predicted molar refractivity (Wildman–Crippen MR) is 74.2 cm³/mol. The number of nitrogens with zero attached hydrogens (tertiary/aromatic N) is 1. The summed E-state index contributed by atoms with van der Waals surface area (Å²) in [5.74, 6) is 0. The van der Waals surface area contributed by atoms with E-state index in [2.05, 4.69) is 50.2 Å². The van der Waals surface area contributed by atoms with Gasteiger partial charge in [-0.3, -0.25) is 0 Å². The van der Waals surface area contributed by atoms with Gasteiger partial charge in [-0.1, -0.05) is 39.5 Å². The maximum Gasteiger partial charge on any atom is 0.379 e. The first-order valence-electron chi connectivity index (χ1n) is 5.74. The molecule has 4 heteroatoms. The minimum atomic E-state index is 0.351. The van der Waals surface area contributed by atoms with Crippen molar-refractivity contribution >= 4 is 36.0 Å². The molecule has 0 saturated carbocycles. The Morgan fingerprint density at radius 3 is 1.57 bits per heavy atom. The van der Waals surface area contributed by atoms with E-state index in [1.54, 1.807) is 0 Å². The zero-order valence-electron chi connectivity index (χ0n) is 9.44. The smallest absolute Gasteiger partial charge is 0.323 e. The first kappa shape index (κ1) is 15.0. The van der Waals surface area contributed by atoms with Crippen molar-refractivity contribution in [1.82, 2.24) is 4.81 Å². The third-order valence-electron chi connectivity index (χ3n) is 2.37. The molecule has 0 aliphatic rings. The normalized spacial score (nSPS) is 10.9. The predicted octanol–water partition coefficient (Wildman–Crippen LogP) is 4.44. The fourth-order valence-corrected chi connectivity index (χ4v) is 2.26. The highest BCUT2D eigenvalue weighted by molar-refractivity contribution is 9.48. The van der Waals surface area contributed by atoms with E-state index in [1.807, 2.05) is 0 Å². The van der Waals surface area contributed by atoms with Crippen LogP contribution < -0.4 is 0 Å². The van der Waals surface area contributed by atoms with Crippen LogP contribution in [0.5, 0.6) is 0 Å². The summed E-state index contributed by atoms with van der Waals surface area (Å²) >= 11 is 7.18. The number of hydrogen-bond acceptors (Lipinski definition) is 1. The topological polar surface area (TPSA) is 3.24 Å². The van der Waals surface area contributed by atoms with Crippen LogP contribution in [0.3, 0.4) is 0 Å². The van der Waals surface area contributed by atoms with E-state index in [4.69, 9.17) is 0 Å². The SMILES string of the molecule is CCCCCN(CCCCC)B(Br)Br. The van der Waals surface area contributed by atoms with Gasteiger partial charge >= 0.3 is 4.50 Å². The van der Waals surface area contributed by atoms with Gasteiger partial charge in [-0.2, -0.15) is 0 Å². The van der Waals surface area contributed by atoms with Crippen molar-refractivity contribution in [3.8, 4) is 0 Å². The fraction of sp³-hybridized carbons (Fsp3) is 1.00. The van der Waals surface area contributed by atoms with Gasteiger partial charge in [0.25, 0.3) is 0 Å². The molecule has 0 aliphatic heterocycles. The average Bonchev–Trinajstić information content (AvgIpc) is 2.15. The molecule has 14 heavy (non-hydrogen) atoms. The molecule has 0 radical (unpaired) electrons. The van der Waals surface area contributed by atoms with Crippen LogP contribution in [0, 0.1) is 0 Å². The zero-order chi connectivity index (χ0) is 10.8. The van der Waals surface area contributed by atoms with Gasteiger partial charge in [0.2, 0.25) is 0 Å². The Morgan fingerprint density at radius 1 is 0.857 bits per heavy atom.